The zero-order chi connectivity index (χ0) is 11.5. The van der Waals surface area contributed by atoms with Crippen LogP contribution in [0.5, 0.6) is 0 Å². The number of hydrogen-bond donors (Lipinski definition) is 0. The van der Waals surface area contributed by atoms with Gasteiger partial charge in [-0.2, -0.15) is 0 Å². The molecule has 2 unspecified atom stereocenters. The molecule has 1 saturated heterocycles. The van der Waals surface area contributed by atoms with Crippen LogP contribution in [0.2, 0.25) is 0 Å². The summed E-state index contributed by atoms with van der Waals surface area (Å²) in [5.74, 6) is 1.55. The third kappa shape index (κ3) is 2.63. The van der Waals surface area contributed by atoms with Crippen molar-refractivity contribution < 1.29 is 9.59 Å². The Labute approximate surface area is 97.2 Å². The minimum Gasteiger partial charge on any atom is -0.342 e. The fourth-order valence-electron chi connectivity index (χ4n) is 2.89. The summed E-state index contributed by atoms with van der Waals surface area (Å²) in [5.41, 5.74) is 0. The first-order valence-electron chi connectivity index (χ1n) is 6.46. The van der Waals surface area contributed by atoms with E-state index in [2.05, 4.69) is 6.92 Å². The van der Waals surface area contributed by atoms with Gasteiger partial charge in [-0.15, -0.1) is 0 Å². The molecular weight excluding hydrogens is 202 g/mol. The van der Waals surface area contributed by atoms with Gasteiger partial charge < -0.3 is 4.90 Å². The Hall–Kier alpha value is -0.860. The fraction of sp³-hybridized carbons (Fsp3) is 0.846. The van der Waals surface area contributed by atoms with E-state index < -0.39 is 0 Å². The second-order valence-corrected chi connectivity index (χ2v) is 5.33. The second kappa shape index (κ2) is 4.98. The van der Waals surface area contributed by atoms with Gasteiger partial charge in [0.15, 0.2) is 0 Å². The maximum atomic E-state index is 11.7. The van der Waals surface area contributed by atoms with Gasteiger partial charge in [-0.3, -0.25) is 9.59 Å². The van der Waals surface area contributed by atoms with Crippen molar-refractivity contribution in [3.63, 3.8) is 0 Å². The third-order valence-electron chi connectivity index (χ3n) is 4.11. The van der Waals surface area contributed by atoms with Crippen LogP contribution in [0.25, 0.3) is 0 Å². The molecule has 2 atom stereocenters. The van der Waals surface area contributed by atoms with E-state index in [1.165, 1.54) is 25.7 Å². The molecule has 16 heavy (non-hydrogen) atoms. The van der Waals surface area contributed by atoms with E-state index in [1.54, 1.807) is 0 Å². The largest absolute Gasteiger partial charge is 0.342 e. The highest BCUT2D eigenvalue weighted by Crippen LogP contribution is 2.30. The molecule has 1 aliphatic heterocycles. The van der Waals surface area contributed by atoms with Crippen molar-refractivity contribution in [1.82, 2.24) is 4.90 Å². The Morgan fingerprint density at radius 2 is 2.00 bits per heavy atom. The zero-order valence-corrected chi connectivity index (χ0v) is 10.1. The van der Waals surface area contributed by atoms with E-state index in [-0.39, 0.29) is 18.1 Å². The molecule has 1 aliphatic carbocycles. The fourth-order valence-corrected chi connectivity index (χ4v) is 2.89. The van der Waals surface area contributed by atoms with Crippen molar-refractivity contribution in [2.45, 2.75) is 45.4 Å². The number of Topliss-reactive ketones (excluding diaryl/α,β-unsaturated/α-hetero) is 1. The lowest BCUT2D eigenvalue weighted by atomic mass is 9.80. The van der Waals surface area contributed by atoms with Crippen molar-refractivity contribution >= 4 is 11.7 Å². The number of nitrogens with zero attached hydrogens (tertiary/aromatic N) is 1. The number of ketones is 1. The van der Waals surface area contributed by atoms with Gasteiger partial charge in [-0.1, -0.05) is 26.2 Å². The van der Waals surface area contributed by atoms with Crippen molar-refractivity contribution in [3.05, 3.63) is 0 Å². The van der Waals surface area contributed by atoms with Gasteiger partial charge in [-0.05, 0) is 18.3 Å². The monoisotopic (exact) mass is 223 g/mol. The average Bonchev–Trinajstić information content (AvgIpc) is 2.25. The number of hydrogen-bond acceptors (Lipinski definition) is 2. The molecule has 2 rings (SSSR count). The van der Waals surface area contributed by atoms with Gasteiger partial charge in [0, 0.05) is 19.5 Å². The molecular formula is C13H21NO2. The minimum atomic E-state index is 0.0500. The van der Waals surface area contributed by atoms with Gasteiger partial charge in [0.25, 0.3) is 0 Å². The van der Waals surface area contributed by atoms with Crippen LogP contribution in [-0.2, 0) is 9.59 Å². The molecule has 0 N–H and O–H groups in total. The van der Waals surface area contributed by atoms with E-state index in [9.17, 15) is 9.59 Å². The van der Waals surface area contributed by atoms with Crippen LogP contribution < -0.4 is 0 Å². The molecule has 90 valence electrons. The average molecular weight is 223 g/mol. The molecule has 0 aromatic carbocycles. The second-order valence-electron chi connectivity index (χ2n) is 5.33. The SMILES string of the molecule is CC1CCCCC1CN1CCC(=O)CC1=O. The molecule has 1 heterocycles. The summed E-state index contributed by atoms with van der Waals surface area (Å²) in [5, 5.41) is 0. The third-order valence-corrected chi connectivity index (χ3v) is 4.11. The molecule has 0 bridgehead atoms. The van der Waals surface area contributed by atoms with Crippen LogP contribution in [0.3, 0.4) is 0 Å². The summed E-state index contributed by atoms with van der Waals surface area (Å²) in [4.78, 5) is 24.7. The van der Waals surface area contributed by atoms with Gasteiger partial charge in [0.2, 0.25) is 5.91 Å². The maximum Gasteiger partial charge on any atom is 0.230 e. The van der Waals surface area contributed by atoms with Crippen LogP contribution >= 0.6 is 0 Å². The summed E-state index contributed by atoms with van der Waals surface area (Å²) < 4.78 is 0. The number of rotatable bonds is 2. The van der Waals surface area contributed by atoms with E-state index >= 15 is 0 Å². The van der Waals surface area contributed by atoms with Crippen molar-refractivity contribution in [1.29, 1.82) is 0 Å². The number of likely N-dealkylation sites (tertiary alicyclic amines) is 1. The number of carbonyl (C=O) groups is 2. The standard InChI is InChI=1S/C13H21NO2/c1-10-4-2-3-5-11(10)9-14-7-6-12(15)8-13(14)16/h10-11H,2-9H2,1H3. The first-order valence-corrected chi connectivity index (χ1v) is 6.46. The first kappa shape index (κ1) is 11.6. The summed E-state index contributed by atoms with van der Waals surface area (Å²) in [6, 6.07) is 0. The molecule has 3 nitrogen and oxygen atoms in total. The Kier molecular flexibility index (Phi) is 3.62. The van der Waals surface area contributed by atoms with E-state index in [0.29, 0.717) is 18.9 Å². The molecule has 2 fully saturated rings. The Morgan fingerprint density at radius 3 is 2.69 bits per heavy atom. The predicted octanol–water partition coefficient (Wildman–Crippen LogP) is 2.00. The molecule has 0 spiro atoms. The summed E-state index contributed by atoms with van der Waals surface area (Å²) in [6.45, 7) is 3.83. The molecule has 0 aromatic heterocycles. The van der Waals surface area contributed by atoms with Gasteiger partial charge in [0.1, 0.15) is 5.78 Å². The molecule has 2 aliphatic rings. The zero-order valence-electron chi connectivity index (χ0n) is 10.1. The lowest BCUT2D eigenvalue weighted by molar-refractivity contribution is -0.140. The van der Waals surface area contributed by atoms with Gasteiger partial charge >= 0.3 is 0 Å². The number of amides is 1. The Bertz CT molecular complexity index is 288. The van der Waals surface area contributed by atoms with E-state index in [4.69, 9.17) is 0 Å². The van der Waals surface area contributed by atoms with Crippen LogP contribution in [0, 0.1) is 11.8 Å². The van der Waals surface area contributed by atoms with Crippen molar-refractivity contribution in [2.75, 3.05) is 13.1 Å². The predicted molar refractivity (Wildman–Crippen MR) is 61.9 cm³/mol. The molecule has 1 saturated carbocycles. The summed E-state index contributed by atoms with van der Waals surface area (Å²) in [6.07, 6.45) is 5.89. The van der Waals surface area contributed by atoms with Gasteiger partial charge in [-0.25, -0.2) is 0 Å². The number of piperidine rings is 1. The highest BCUT2D eigenvalue weighted by molar-refractivity contribution is 6.00. The summed E-state index contributed by atoms with van der Waals surface area (Å²) in [7, 11) is 0. The summed E-state index contributed by atoms with van der Waals surface area (Å²) >= 11 is 0. The minimum absolute atomic E-state index is 0.0500. The van der Waals surface area contributed by atoms with E-state index in [0.717, 1.165) is 12.5 Å². The van der Waals surface area contributed by atoms with Gasteiger partial charge in [0.05, 0.1) is 6.42 Å². The maximum absolute atomic E-state index is 11.7. The van der Waals surface area contributed by atoms with Crippen LogP contribution in [0.4, 0.5) is 0 Å². The molecule has 1 amide bonds. The lowest BCUT2D eigenvalue weighted by Crippen LogP contribution is -2.43. The van der Waals surface area contributed by atoms with Crippen molar-refractivity contribution in [2.24, 2.45) is 11.8 Å². The quantitative estimate of drug-likeness (QED) is 0.671. The lowest BCUT2D eigenvalue weighted by Gasteiger charge is -2.35. The smallest absolute Gasteiger partial charge is 0.230 e. The molecule has 0 radical (unpaired) electrons. The van der Waals surface area contributed by atoms with Crippen molar-refractivity contribution in [3.8, 4) is 0 Å². The Balaban J connectivity index is 1.88. The topological polar surface area (TPSA) is 37.4 Å². The molecule has 0 aromatic rings. The Morgan fingerprint density at radius 1 is 1.25 bits per heavy atom. The normalized spacial score (nSPS) is 31.9. The highest BCUT2D eigenvalue weighted by atomic mass is 16.2. The van der Waals surface area contributed by atoms with Crippen LogP contribution in [0.1, 0.15) is 45.4 Å². The first-order chi connectivity index (χ1) is 7.66. The number of carbonyl (C=O) groups excluding carboxylic acids is 2. The van der Waals surface area contributed by atoms with Crippen LogP contribution in [-0.4, -0.2) is 29.7 Å². The van der Waals surface area contributed by atoms with E-state index in [1.807, 2.05) is 4.90 Å². The molecule has 3 heteroatoms. The highest BCUT2D eigenvalue weighted by Gasteiger charge is 2.29. The van der Waals surface area contributed by atoms with Crippen LogP contribution in [0.15, 0.2) is 0 Å².